The number of carbonyl (C=O) groups excluding carboxylic acids is 1. The summed E-state index contributed by atoms with van der Waals surface area (Å²) in [5.74, 6) is 2.40. The average molecular weight is 412 g/mol. The molecule has 2 aromatic rings. The minimum absolute atomic E-state index is 0.120. The first-order chi connectivity index (χ1) is 14.6. The van der Waals surface area contributed by atoms with Gasteiger partial charge in [0.1, 0.15) is 0 Å². The molecule has 0 N–H and O–H groups in total. The van der Waals surface area contributed by atoms with Gasteiger partial charge in [0.2, 0.25) is 25.1 Å². The molecule has 3 aliphatic rings. The molecule has 1 atom stereocenters. The minimum Gasteiger partial charge on any atom is -0.493 e. The van der Waals surface area contributed by atoms with Crippen molar-refractivity contribution in [3.05, 3.63) is 47.5 Å². The summed E-state index contributed by atoms with van der Waals surface area (Å²) >= 11 is 0. The van der Waals surface area contributed by atoms with Crippen LogP contribution in [0.5, 0.6) is 34.5 Å². The van der Waals surface area contributed by atoms with Crippen LogP contribution in [0.1, 0.15) is 17.0 Å². The van der Waals surface area contributed by atoms with Gasteiger partial charge >= 0.3 is 5.97 Å². The summed E-state index contributed by atoms with van der Waals surface area (Å²) in [6, 6.07) is 7.54. The zero-order valence-electron chi connectivity index (χ0n) is 16.6. The molecule has 2 aromatic carbocycles. The SMILES string of the molecule is C=C1C(=O)OC[C@H]1C(c1cc(OC)c2c(c1)OCO2)c1cc(OC)c2c(c1)OCO2. The molecular formula is C22H20O8. The lowest BCUT2D eigenvalue weighted by Crippen LogP contribution is -2.17. The van der Waals surface area contributed by atoms with Crippen LogP contribution in [0, 0.1) is 5.92 Å². The van der Waals surface area contributed by atoms with Gasteiger partial charge in [-0.1, -0.05) is 6.58 Å². The second-order valence-electron chi connectivity index (χ2n) is 7.12. The van der Waals surface area contributed by atoms with Crippen molar-refractivity contribution in [1.29, 1.82) is 0 Å². The monoisotopic (exact) mass is 412 g/mol. The van der Waals surface area contributed by atoms with Crippen LogP contribution in [0.25, 0.3) is 0 Å². The minimum atomic E-state index is -0.398. The van der Waals surface area contributed by atoms with Crippen molar-refractivity contribution in [2.24, 2.45) is 5.92 Å². The van der Waals surface area contributed by atoms with E-state index in [-0.39, 0.29) is 32.0 Å². The van der Waals surface area contributed by atoms with Gasteiger partial charge in [-0.3, -0.25) is 0 Å². The number of fused-ring (bicyclic) bond motifs is 2. The number of cyclic esters (lactones) is 1. The highest BCUT2D eigenvalue weighted by atomic mass is 16.7. The standard InChI is InChI=1S/C22H20O8/c1-11-14(8-26-22(11)23)19(12-4-15(24-2)20-17(6-12)27-9-29-20)13-5-16(25-3)21-18(7-13)28-10-30-21/h4-7,14,19H,1,8-10H2,2-3H3/t14-/m1/s1. The number of esters is 1. The third-order valence-electron chi connectivity index (χ3n) is 5.59. The van der Waals surface area contributed by atoms with Crippen molar-refractivity contribution < 1.29 is 38.0 Å². The predicted octanol–water partition coefficient (Wildman–Crippen LogP) is 3.02. The maximum Gasteiger partial charge on any atom is 0.333 e. The maximum absolute atomic E-state index is 12.1. The fourth-order valence-corrected chi connectivity index (χ4v) is 4.12. The van der Waals surface area contributed by atoms with E-state index < -0.39 is 5.97 Å². The second kappa shape index (κ2) is 7.05. The van der Waals surface area contributed by atoms with Gasteiger partial charge in [0, 0.05) is 17.4 Å². The number of ether oxygens (including phenoxy) is 7. The van der Waals surface area contributed by atoms with Crippen LogP contribution in [0.15, 0.2) is 36.4 Å². The second-order valence-corrected chi connectivity index (χ2v) is 7.12. The normalized spacial score (nSPS) is 18.7. The third-order valence-corrected chi connectivity index (χ3v) is 5.59. The summed E-state index contributed by atoms with van der Waals surface area (Å²) in [7, 11) is 3.14. The molecule has 0 unspecified atom stereocenters. The van der Waals surface area contributed by atoms with Gasteiger partial charge in [0.25, 0.3) is 0 Å². The fourth-order valence-electron chi connectivity index (χ4n) is 4.12. The van der Waals surface area contributed by atoms with Crippen LogP contribution in [-0.4, -0.2) is 40.4 Å². The van der Waals surface area contributed by atoms with E-state index in [9.17, 15) is 4.79 Å². The van der Waals surface area contributed by atoms with Crippen molar-refractivity contribution in [3.8, 4) is 34.5 Å². The van der Waals surface area contributed by atoms with Gasteiger partial charge in [0.15, 0.2) is 23.0 Å². The van der Waals surface area contributed by atoms with Gasteiger partial charge < -0.3 is 33.2 Å². The molecule has 0 amide bonds. The maximum atomic E-state index is 12.1. The molecule has 3 heterocycles. The summed E-state index contributed by atoms with van der Waals surface area (Å²) in [5, 5.41) is 0. The summed E-state index contributed by atoms with van der Waals surface area (Å²) in [5.41, 5.74) is 2.14. The lowest BCUT2D eigenvalue weighted by atomic mass is 9.78. The zero-order chi connectivity index (χ0) is 20.8. The molecule has 0 bridgehead atoms. The number of methoxy groups -OCH3 is 2. The van der Waals surface area contributed by atoms with Crippen molar-refractivity contribution >= 4 is 5.97 Å². The molecule has 0 saturated carbocycles. The van der Waals surface area contributed by atoms with Crippen LogP contribution >= 0.6 is 0 Å². The van der Waals surface area contributed by atoms with Crippen LogP contribution in [0.4, 0.5) is 0 Å². The van der Waals surface area contributed by atoms with E-state index >= 15 is 0 Å². The molecule has 3 aliphatic heterocycles. The molecule has 1 saturated heterocycles. The van der Waals surface area contributed by atoms with Crippen LogP contribution in [0.2, 0.25) is 0 Å². The molecule has 5 rings (SSSR count). The molecule has 8 heteroatoms. The fraction of sp³-hybridized carbons (Fsp3) is 0.318. The first-order valence-corrected chi connectivity index (χ1v) is 9.41. The van der Waals surface area contributed by atoms with Gasteiger partial charge in [0.05, 0.1) is 20.8 Å². The number of benzene rings is 2. The van der Waals surface area contributed by atoms with E-state index in [0.29, 0.717) is 40.1 Å². The Morgan fingerprint density at radius 3 is 1.83 bits per heavy atom. The molecule has 0 aliphatic carbocycles. The summed E-state index contributed by atoms with van der Waals surface area (Å²) in [4.78, 5) is 12.1. The largest absolute Gasteiger partial charge is 0.493 e. The van der Waals surface area contributed by atoms with Crippen molar-refractivity contribution in [3.63, 3.8) is 0 Å². The Hall–Kier alpha value is -3.55. The Labute approximate surface area is 172 Å². The van der Waals surface area contributed by atoms with E-state index in [0.717, 1.165) is 11.1 Å². The molecule has 0 radical (unpaired) electrons. The highest BCUT2D eigenvalue weighted by molar-refractivity contribution is 5.90. The Morgan fingerprint density at radius 1 is 0.867 bits per heavy atom. The molecule has 156 valence electrons. The van der Waals surface area contributed by atoms with Gasteiger partial charge in [-0.15, -0.1) is 0 Å². The predicted molar refractivity (Wildman–Crippen MR) is 104 cm³/mol. The first kappa shape index (κ1) is 18.5. The average Bonchev–Trinajstić information content (AvgIpc) is 3.49. The van der Waals surface area contributed by atoms with Crippen molar-refractivity contribution in [2.75, 3.05) is 34.4 Å². The number of rotatable bonds is 5. The van der Waals surface area contributed by atoms with Gasteiger partial charge in [-0.25, -0.2) is 4.79 Å². The van der Waals surface area contributed by atoms with E-state index in [2.05, 4.69) is 6.58 Å². The van der Waals surface area contributed by atoms with Crippen LogP contribution < -0.4 is 28.4 Å². The van der Waals surface area contributed by atoms with Crippen molar-refractivity contribution in [2.45, 2.75) is 5.92 Å². The summed E-state index contributed by atoms with van der Waals surface area (Å²) in [6.45, 7) is 4.43. The topological polar surface area (TPSA) is 81.7 Å². The van der Waals surface area contributed by atoms with Crippen molar-refractivity contribution in [1.82, 2.24) is 0 Å². The smallest absolute Gasteiger partial charge is 0.333 e. The highest BCUT2D eigenvalue weighted by Crippen LogP contribution is 2.50. The molecule has 1 fully saturated rings. The molecule has 8 nitrogen and oxygen atoms in total. The number of carbonyl (C=O) groups is 1. The Balaban J connectivity index is 1.68. The number of hydrogen-bond donors (Lipinski definition) is 0. The van der Waals surface area contributed by atoms with E-state index in [1.165, 1.54) is 0 Å². The molecule has 0 aromatic heterocycles. The summed E-state index contributed by atoms with van der Waals surface area (Å²) < 4.78 is 38.6. The quantitative estimate of drug-likeness (QED) is 0.548. The van der Waals surface area contributed by atoms with Gasteiger partial charge in [-0.2, -0.15) is 0 Å². The molecule has 30 heavy (non-hydrogen) atoms. The number of hydrogen-bond acceptors (Lipinski definition) is 8. The highest BCUT2D eigenvalue weighted by Gasteiger charge is 2.39. The Morgan fingerprint density at radius 2 is 1.40 bits per heavy atom. The first-order valence-electron chi connectivity index (χ1n) is 9.41. The van der Waals surface area contributed by atoms with E-state index in [1.54, 1.807) is 14.2 Å². The van der Waals surface area contributed by atoms with Crippen LogP contribution in [0.3, 0.4) is 0 Å². The van der Waals surface area contributed by atoms with Gasteiger partial charge in [-0.05, 0) is 35.4 Å². The Bertz CT molecular complexity index is 978. The lowest BCUT2D eigenvalue weighted by Gasteiger charge is -2.25. The molecular weight excluding hydrogens is 392 g/mol. The van der Waals surface area contributed by atoms with E-state index in [1.807, 2.05) is 24.3 Å². The Kier molecular flexibility index (Phi) is 4.34. The van der Waals surface area contributed by atoms with Crippen LogP contribution in [-0.2, 0) is 9.53 Å². The third kappa shape index (κ3) is 2.79. The summed E-state index contributed by atoms with van der Waals surface area (Å²) in [6.07, 6.45) is 0. The zero-order valence-corrected chi connectivity index (χ0v) is 16.6. The lowest BCUT2D eigenvalue weighted by molar-refractivity contribution is -0.135. The molecule has 0 spiro atoms. The van der Waals surface area contributed by atoms with E-state index in [4.69, 9.17) is 33.2 Å².